The third-order valence-corrected chi connectivity index (χ3v) is 3.74. The van der Waals surface area contributed by atoms with E-state index in [4.69, 9.17) is 11.6 Å². The molecule has 2 aromatic rings. The smallest absolute Gasteiger partial charge is 0.0856 e. The van der Waals surface area contributed by atoms with E-state index in [1.165, 1.54) is 0 Å². The number of hydrogen-bond acceptors (Lipinski definition) is 1. The summed E-state index contributed by atoms with van der Waals surface area (Å²) in [5.41, 5.74) is 3.02. The van der Waals surface area contributed by atoms with E-state index in [0.717, 1.165) is 16.7 Å². The van der Waals surface area contributed by atoms with Crippen LogP contribution < -0.4 is 0 Å². The molecule has 0 aliphatic rings. The molecule has 0 amide bonds. The highest BCUT2D eigenvalue weighted by Gasteiger charge is 2.18. The first-order chi connectivity index (χ1) is 8.59. The SMILES string of the molecule is Cc1ccc(C(O)C(C)c2ccccc2)cc1Cl. The van der Waals surface area contributed by atoms with E-state index in [-0.39, 0.29) is 5.92 Å². The minimum Gasteiger partial charge on any atom is -0.388 e. The molecule has 1 nitrogen and oxygen atoms in total. The average molecular weight is 261 g/mol. The van der Waals surface area contributed by atoms with Crippen LogP contribution in [0.5, 0.6) is 0 Å². The van der Waals surface area contributed by atoms with Crippen LogP contribution in [0.15, 0.2) is 48.5 Å². The Morgan fingerprint density at radius 1 is 1.00 bits per heavy atom. The van der Waals surface area contributed by atoms with E-state index < -0.39 is 6.10 Å². The quantitative estimate of drug-likeness (QED) is 0.862. The third-order valence-electron chi connectivity index (χ3n) is 3.34. The van der Waals surface area contributed by atoms with Gasteiger partial charge in [-0.3, -0.25) is 0 Å². The summed E-state index contributed by atoms with van der Waals surface area (Å²) >= 11 is 6.10. The van der Waals surface area contributed by atoms with Crippen LogP contribution in [-0.4, -0.2) is 5.11 Å². The van der Waals surface area contributed by atoms with Gasteiger partial charge in [-0.1, -0.05) is 61.0 Å². The summed E-state index contributed by atoms with van der Waals surface area (Å²) < 4.78 is 0. The third kappa shape index (κ3) is 2.74. The number of rotatable bonds is 3. The van der Waals surface area contributed by atoms with E-state index in [0.29, 0.717) is 5.02 Å². The van der Waals surface area contributed by atoms with Crippen molar-refractivity contribution in [2.24, 2.45) is 0 Å². The molecule has 18 heavy (non-hydrogen) atoms. The van der Waals surface area contributed by atoms with Gasteiger partial charge in [0.15, 0.2) is 0 Å². The van der Waals surface area contributed by atoms with Crippen LogP contribution in [0.2, 0.25) is 5.02 Å². The number of hydrogen-bond donors (Lipinski definition) is 1. The lowest BCUT2D eigenvalue weighted by atomic mass is 9.90. The second kappa shape index (κ2) is 5.55. The predicted molar refractivity (Wildman–Crippen MR) is 76.0 cm³/mol. The van der Waals surface area contributed by atoms with Gasteiger partial charge < -0.3 is 5.11 Å². The molecule has 2 rings (SSSR count). The molecule has 1 N–H and O–H groups in total. The maximum absolute atomic E-state index is 10.4. The fourth-order valence-electron chi connectivity index (χ4n) is 2.02. The molecule has 2 unspecified atom stereocenters. The zero-order chi connectivity index (χ0) is 13.1. The molecular formula is C16H17ClO. The lowest BCUT2D eigenvalue weighted by Crippen LogP contribution is -2.07. The molecule has 2 heteroatoms. The Labute approximate surface area is 113 Å². The summed E-state index contributed by atoms with van der Waals surface area (Å²) in [5, 5.41) is 11.1. The molecule has 2 atom stereocenters. The van der Waals surface area contributed by atoms with Crippen molar-refractivity contribution in [2.45, 2.75) is 25.9 Å². The summed E-state index contributed by atoms with van der Waals surface area (Å²) in [6.07, 6.45) is -0.537. The van der Waals surface area contributed by atoms with Crippen molar-refractivity contribution >= 4 is 11.6 Å². The van der Waals surface area contributed by atoms with Gasteiger partial charge in [0.1, 0.15) is 0 Å². The van der Waals surface area contributed by atoms with E-state index in [1.54, 1.807) is 0 Å². The number of aryl methyl sites for hydroxylation is 1. The van der Waals surface area contributed by atoms with Crippen LogP contribution in [0, 0.1) is 6.92 Å². The fourth-order valence-corrected chi connectivity index (χ4v) is 2.21. The Kier molecular flexibility index (Phi) is 4.05. The fraction of sp³-hybridized carbons (Fsp3) is 0.250. The summed E-state index contributed by atoms with van der Waals surface area (Å²) in [6, 6.07) is 15.7. The van der Waals surface area contributed by atoms with E-state index >= 15 is 0 Å². The Bertz CT molecular complexity index is 522. The molecular weight excluding hydrogens is 244 g/mol. The Balaban J connectivity index is 2.25. The van der Waals surface area contributed by atoms with Gasteiger partial charge in [0.2, 0.25) is 0 Å². The summed E-state index contributed by atoms with van der Waals surface area (Å²) in [6.45, 7) is 3.98. The maximum Gasteiger partial charge on any atom is 0.0856 e. The first-order valence-corrected chi connectivity index (χ1v) is 6.46. The maximum atomic E-state index is 10.4. The van der Waals surface area contributed by atoms with Gasteiger partial charge in [-0.05, 0) is 29.7 Å². The molecule has 0 bridgehead atoms. The summed E-state index contributed by atoms with van der Waals surface area (Å²) in [4.78, 5) is 0. The van der Waals surface area contributed by atoms with Gasteiger partial charge in [-0.2, -0.15) is 0 Å². The Hall–Kier alpha value is -1.31. The molecule has 94 valence electrons. The predicted octanol–water partition coefficient (Wildman–Crippen LogP) is 4.49. The average Bonchev–Trinajstić information content (AvgIpc) is 2.41. The van der Waals surface area contributed by atoms with Crippen molar-refractivity contribution in [3.8, 4) is 0 Å². The Morgan fingerprint density at radius 3 is 2.28 bits per heavy atom. The van der Waals surface area contributed by atoms with Gasteiger partial charge in [0, 0.05) is 10.9 Å². The zero-order valence-electron chi connectivity index (χ0n) is 10.6. The molecule has 0 aliphatic carbocycles. The van der Waals surface area contributed by atoms with Crippen LogP contribution >= 0.6 is 11.6 Å². The van der Waals surface area contributed by atoms with Crippen molar-refractivity contribution in [1.29, 1.82) is 0 Å². The topological polar surface area (TPSA) is 20.2 Å². The van der Waals surface area contributed by atoms with Gasteiger partial charge in [-0.25, -0.2) is 0 Å². The largest absolute Gasteiger partial charge is 0.388 e. The lowest BCUT2D eigenvalue weighted by molar-refractivity contribution is 0.151. The minimum absolute atomic E-state index is 0.0463. The van der Waals surface area contributed by atoms with E-state index in [1.807, 2.05) is 62.4 Å². The number of aliphatic hydroxyl groups is 1. The highest BCUT2D eigenvalue weighted by molar-refractivity contribution is 6.31. The van der Waals surface area contributed by atoms with Crippen molar-refractivity contribution < 1.29 is 5.11 Å². The summed E-state index contributed by atoms with van der Waals surface area (Å²) in [5.74, 6) is 0.0463. The van der Waals surface area contributed by atoms with Crippen molar-refractivity contribution in [3.05, 3.63) is 70.2 Å². The Morgan fingerprint density at radius 2 is 1.67 bits per heavy atom. The van der Waals surface area contributed by atoms with Crippen molar-refractivity contribution in [1.82, 2.24) is 0 Å². The molecule has 0 heterocycles. The first-order valence-electron chi connectivity index (χ1n) is 6.08. The van der Waals surface area contributed by atoms with Crippen LogP contribution in [0.3, 0.4) is 0 Å². The normalized spacial score (nSPS) is 14.2. The van der Waals surface area contributed by atoms with Crippen LogP contribution in [-0.2, 0) is 0 Å². The molecule has 0 aliphatic heterocycles. The second-order valence-corrected chi connectivity index (χ2v) is 5.06. The van der Waals surface area contributed by atoms with Crippen molar-refractivity contribution in [3.63, 3.8) is 0 Å². The van der Waals surface area contributed by atoms with E-state index in [2.05, 4.69) is 0 Å². The molecule has 0 radical (unpaired) electrons. The van der Waals surface area contributed by atoms with Gasteiger partial charge in [-0.15, -0.1) is 0 Å². The van der Waals surface area contributed by atoms with Gasteiger partial charge >= 0.3 is 0 Å². The molecule has 0 fully saturated rings. The van der Waals surface area contributed by atoms with E-state index in [9.17, 15) is 5.11 Å². The van der Waals surface area contributed by atoms with Crippen LogP contribution in [0.4, 0.5) is 0 Å². The molecule has 0 spiro atoms. The molecule has 2 aromatic carbocycles. The molecule has 0 aromatic heterocycles. The molecule has 0 saturated heterocycles. The first kappa shape index (κ1) is 13.1. The van der Waals surface area contributed by atoms with Gasteiger partial charge in [0.05, 0.1) is 6.10 Å². The minimum atomic E-state index is -0.537. The van der Waals surface area contributed by atoms with Crippen LogP contribution in [0.1, 0.15) is 35.6 Å². The van der Waals surface area contributed by atoms with Crippen LogP contribution in [0.25, 0.3) is 0 Å². The number of benzene rings is 2. The molecule has 0 saturated carbocycles. The second-order valence-electron chi connectivity index (χ2n) is 4.65. The summed E-state index contributed by atoms with van der Waals surface area (Å²) in [7, 11) is 0. The lowest BCUT2D eigenvalue weighted by Gasteiger charge is -2.20. The van der Waals surface area contributed by atoms with Crippen molar-refractivity contribution in [2.75, 3.05) is 0 Å². The highest BCUT2D eigenvalue weighted by Crippen LogP contribution is 2.32. The highest BCUT2D eigenvalue weighted by atomic mass is 35.5. The number of halogens is 1. The zero-order valence-corrected chi connectivity index (χ0v) is 11.4. The standard InChI is InChI=1S/C16H17ClO/c1-11-8-9-14(10-15(11)17)16(18)12(2)13-6-4-3-5-7-13/h3-10,12,16,18H,1-2H3. The van der Waals surface area contributed by atoms with Gasteiger partial charge in [0.25, 0.3) is 0 Å². The monoisotopic (exact) mass is 260 g/mol. The number of aliphatic hydroxyl groups excluding tert-OH is 1.